The number of aromatic amines is 1. The molecule has 0 saturated heterocycles. The summed E-state index contributed by atoms with van der Waals surface area (Å²) in [6.07, 6.45) is 2.16. The van der Waals surface area contributed by atoms with Crippen molar-refractivity contribution in [3.05, 3.63) is 71.4 Å². The third kappa shape index (κ3) is 1.76. The minimum atomic E-state index is 0.446. The summed E-state index contributed by atoms with van der Waals surface area (Å²) in [6, 6.07) is 17.5. The molecule has 4 rings (SSSR count). The lowest BCUT2D eigenvalue weighted by molar-refractivity contribution is 0.322. The van der Waals surface area contributed by atoms with Gasteiger partial charge in [-0.2, -0.15) is 0 Å². The normalized spacial score (nSPS) is 19.1. The zero-order valence-electron chi connectivity index (χ0n) is 11.6. The minimum Gasteiger partial charge on any atom is -0.361 e. The van der Waals surface area contributed by atoms with Crippen LogP contribution >= 0.6 is 0 Å². The van der Waals surface area contributed by atoms with E-state index in [-0.39, 0.29) is 0 Å². The summed E-state index contributed by atoms with van der Waals surface area (Å²) in [4.78, 5) is 5.83. The number of nitrogens with one attached hydrogen (secondary N) is 1. The number of aromatic nitrogens is 1. The molecule has 1 atom stereocenters. The Morgan fingerprint density at radius 3 is 2.75 bits per heavy atom. The second-order valence-electron chi connectivity index (χ2n) is 5.74. The molecular weight excluding hydrogens is 244 g/mol. The van der Waals surface area contributed by atoms with E-state index in [1.54, 1.807) is 0 Å². The second-order valence-corrected chi connectivity index (χ2v) is 5.74. The molecule has 1 aliphatic heterocycles. The van der Waals surface area contributed by atoms with Gasteiger partial charge >= 0.3 is 0 Å². The highest BCUT2D eigenvalue weighted by Crippen LogP contribution is 2.36. The van der Waals surface area contributed by atoms with Crippen LogP contribution in [0.3, 0.4) is 0 Å². The molecule has 2 heterocycles. The van der Waals surface area contributed by atoms with Crippen LogP contribution in [-0.4, -0.2) is 23.5 Å². The van der Waals surface area contributed by atoms with Crippen molar-refractivity contribution in [3.8, 4) is 0 Å². The first-order chi connectivity index (χ1) is 9.83. The van der Waals surface area contributed by atoms with Crippen LogP contribution in [0.15, 0.2) is 54.7 Å². The van der Waals surface area contributed by atoms with Gasteiger partial charge in [0.2, 0.25) is 0 Å². The van der Waals surface area contributed by atoms with Crippen LogP contribution in [0.1, 0.15) is 22.6 Å². The molecule has 2 heteroatoms. The van der Waals surface area contributed by atoms with E-state index >= 15 is 0 Å². The number of benzene rings is 2. The fourth-order valence-corrected chi connectivity index (χ4v) is 3.44. The largest absolute Gasteiger partial charge is 0.361 e. The highest BCUT2D eigenvalue weighted by Gasteiger charge is 2.24. The predicted octanol–water partition coefficient (Wildman–Crippen LogP) is 3.75. The van der Waals surface area contributed by atoms with Crippen molar-refractivity contribution in [2.24, 2.45) is 0 Å². The van der Waals surface area contributed by atoms with Crippen LogP contribution in [-0.2, 0) is 6.54 Å². The van der Waals surface area contributed by atoms with Gasteiger partial charge in [0.1, 0.15) is 0 Å². The van der Waals surface area contributed by atoms with E-state index in [9.17, 15) is 0 Å². The predicted molar refractivity (Wildman–Crippen MR) is 82.9 cm³/mol. The Bertz CT molecular complexity index is 742. The molecule has 0 spiro atoms. The van der Waals surface area contributed by atoms with Gasteiger partial charge in [-0.15, -0.1) is 0 Å². The van der Waals surface area contributed by atoms with Crippen molar-refractivity contribution in [2.75, 3.05) is 13.6 Å². The number of rotatable bonds is 1. The maximum atomic E-state index is 3.41. The van der Waals surface area contributed by atoms with Crippen molar-refractivity contribution in [1.82, 2.24) is 9.88 Å². The van der Waals surface area contributed by atoms with Crippen molar-refractivity contribution in [2.45, 2.75) is 12.5 Å². The van der Waals surface area contributed by atoms with Gasteiger partial charge in [0.05, 0.1) is 0 Å². The Hall–Kier alpha value is -2.06. The first kappa shape index (κ1) is 11.7. The topological polar surface area (TPSA) is 19.0 Å². The SMILES string of the molecule is CN1Cc2c[nH]c3cccc(c23)C(c2ccccc2)C1. The molecule has 0 bridgehead atoms. The van der Waals surface area contributed by atoms with Crippen LogP contribution in [0.25, 0.3) is 10.9 Å². The van der Waals surface area contributed by atoms with E-state index in [2.05, 4.69) is 71.7 Å². The Morgan fingerprint density at radius 1 is 1.05 bits per heavy atom. The van der Waals surface area contributed by atoms with Crippen molar-refractivity contribution >= 4 is 10.9 Å². The number of hydrogen-bond acceptors (Lipinski definition) is 1. The summed E-state index contributed by atoms with van der Waals surface area (Å²) in [5, 5.41) is 1.42. The van der Waals surface area contributed by atoms with Crippen LogP contribution in [0.5, 0.6) is 0 Å². The molecule has 3 aromatic rings. The van der Waals surface area contributed by atoms with E-state index < -0.39 is 0 Å². The van der Waals surface area contributed by atoms with Crippen LogP contribution in [0, 0.1) is 0 Å². The van der Waals surface area contributed by atoms with Crippen LogP contribution in [0.4, 0.5) is 0 Å². The minimum absolute atomic E-state index is 0.446. The Balaban J connectivity index is 1.97. The molecule has 100 valence electrons. The molecule has 1 N–H and O–H groups in total. The van der Waals surface area contributed by atoms with Gasteiger partial charge in [-0.05, 0) is 29.8 Å². The van der Waals surface area contributed by atoms with E-state index in [1.807, 2.05) is 0 Å². The second kappa shape index (κ2) is 4.50. The fraction of sp³-hybridized carbons (Fsp3) is 0.222. The smallest absolute Gasteiger partial charge is 0.0460 e. The highest BCUT2D eigenvalue weighted by molar-refractivity contribution is 5.88. The zero-order chi connectivity index (χ0) is 13.5. The molecule has 1 aromatic heterocycles. The molecule has 2 aromatic carbocycles. The quantitative estimate of drug-likeness (QED) is 0.707. The van der Waals surface area contributed by atoms with E-state index in [4.69, 9.17) is 0 Å². The number of nitrogens with zero attached hydrogens (tertiary/aromatic N) is 1. The van der Waals surface area contributed by atoms with Gasteiger partial charge in [0, 0.05) is 36.1 Å². The molecular formula is C18H18N2. The van der Waals surface area contributed by atoms with Gasteiger partial charge in [0.15, 0.2) is 0 Å². The van der Waals surface area contributed by atoms with Gasteiger partial charge in [-0.25, -0.2) is 0 Å². The van der Waals surface area contributed by atoms with Crippen LogP contribution in [0.2, 0.25) is 0 Å². The van der Waals surface area contributed by atoms with E-state index in [1.165, 1.54) is 27.6 Å². The number of hydrogen-bond donors (Lipinski definition) is 1. The average Bonchev–Trinajstić information content (AvgIpc) is 2.82. The monoisotopic (exact) mass is 262 g/mol. The van der Waals surface area contributed by atoms with Crippen molar-refractivity contribution in [3.63, 3.8) is 0 Å². The Kier molecular flexibility index (Phi) is 2.64. The molecule has 1 aliphatic rings. The maximum absolute atomic E-state index is 3.41. The third-order valence-corrected chi connectivity index (χ3v) is 4.33. The summed E-state index contributed by atoms with van der Waals surface area (Å²) in [5.74, 6) is 0.446. The summed E-state index contributed by atoms with van der Waals surface area (Å²) in [5.41, 5.74) is 5.53. The van der Waals surface area contributed by atoms with Crippen molar-refractivity contribution < 1.29 is 0 Å². The Labute approximate surface area is 119 Å². The Morgan fingerprint density at radius 2 is 1.90 bits per heavy atom. The lowest BCUT2D eigenvalue weighted by Gasteiger charge is -2.22. The molecule has 2 nitrogen and oxygen atoms in total. The van der Waals surface area contributed by atoms with Gasteiger partial charge in [-0.1, -0.05) is 42.5 Å². The molecule has 20 heavy (non-hydrogen) atoms. The van der Waals surface area contributed by atoms with Gasteiger partial charge < -0.3 is 9.88 Å². The molecule has 0 aliphatic carbocycles. The van der Waals surface area contributed by atoms with Gasteiger partial charge in [-0.3, -0.25) is 0 Å². The average molecular weight is 262 g/mol. The number of H-pyrrole nitrogens is 1. The molecule has 0 saturated carbocycles. The first-order valence-electron chi connectivity index (χ1n) is 7.15. The zero-order valence-corrected chi connectivity index (χ0v) is 11.6. The molecule has 0 radical (unpaired) electrons. The number of likely N-dealkylation sites (N-methyl/N-ethyl adjacent to an activating group) is 1. The third-order valence-electron chi connectivity index (χ3n) is 4.33. The molecule has 0 fully saturated rings. The van der Waals surface area contributed by atoms with Gasteiger partial charge in [0.25, 0.3) is 0 Å². The first-order valence-corrected chi connectivity index (χ1v) is 7.15. The summed E-state index contributed by atoms with van der Waals surface area (Å²) >= 11 is 0. The lowest BCUT2D eigenvalue weighted by Crippen LogP contribution is -2.22. The van der Waals surface area contributed by atoms with E-state index in [0.29, 0.717) is 5.92 Å². The summed E-state index contributed by atoms with van der Waals surface area (Å²) in [6.45, 7) is 2.08. The van der Waals surface area contributed by atoms with E-state index in [0.717, 1.165) is 13.1 Å². The molecule has 1 unspecified atom stereocenters. The lowest BCUT2D eigenvalue weighted by atomic mass is 9.89. The summed E-state index contributed by atoms with van der Waals surface area (Å²) in [7, 11) is 2.21. The molecule has 0 amide bonds. The van der Waals surface area contributed by atoms with Crippen LogP contribution < -0.4 is 0 Å². The fourth-order valence-electron chi connectivity index (χ4n) is 3.44. The van der Waals surface area contributed by atoms with Crippen molar-refractivity contribution in [1.29, 1.82) is 0 Å². The summed E-state index contributed by atoms with van der Waals surface area (Å²) < 4.78 is 0. The maximum Gasteiger partial charge on any atom is 0.0460 e. The highest BCUT2D eigenvalue weighted by atomic mass is 15.1. The standard InChI is InChI=1S/C18H18N2/c1-20-11-14-10-19-17-9-5-8-15(18(14)17)16(12-20)13-6-3-2-4-7-13/h2-10,16,19H,11-12H2,1H3.